The van der Waals surface area contributed by atoms with Crippen LogP contribution in [0.1, 0.15) is 30.5 Å². The summed E-state index contributed by atoms with van der Waals surface area (Å²) in [6.45, 7) is 12.3. The first kappa shape index (κ1) is 10.8. The molecule has 0 fully saturated rings. The molecule has 0 saturated heterocycles. The van der Waals surface area contributed by atoms with Gasteiger partial charge in [0, 0.05) is 11.4 Å². The fourth-order valence-electron chi connectivity index (χ4n) is 1.64. The number of nitrogens with one attached hydrogen (secondary N) is 1. The summed E-state index contributed by atoms with van der Waals surface area (Å²) in [6, 6.07) is 4.45. The van der Waals surface area contributed by atoms with Gasteiger partial charge >= 0.3 is 0 Å². The summed E-state index contributed by atoms with van der Waals surface area (Å²) in [7, 11) is 0. The Kier molecular flexibility index (Phi) is 3.34. The van der Waals surface area contributed by atoms with Crippen molar-refractivity contribution in [1.82, 2.24) is 0 Å². The predicted molar refractivity (Wildman–Crippen MR) is 63.7 cm³/mol. The van der Waals surface area contributed by atoms with Crippen LogP contribution in [0, 0.1) is 13.8 Å². The molecule has 0 radical (unpaired) electrons. The Balaban J connectivity index is 3.10. The average Bonchev–Trinajstić information content (AvgIpc) is 2.09. The fourth-order valence-corrected chi connectivity index (χ4v) is 1.64. The van der Waals surface area contributed by atoms with Crippen LogP contribution in [-0.2, 0) is 6.42 Å². The third-order valence-electron chi connectivity index (χ3n) is 2.41. The van der Waals surface area contributed by atoms with Gasteiger partial charge in [-0.3, -0.25) is 0 Å². The molecular formula is C13H19N. The van der Waals surface area contributed by atoms with E-state index in [-0.39, 0.29) is 0 Å². The summed E-state index contributed by atoms with van der Waals surface area (Å²) in [6.07, 6.45) is 1.08. The van der Waals surface area contributed by atoms with E-state index in [0.29, 0.717) is 0 Å². The van der Waals surface area contributed by atoms with Gasteiger partial charge < -0.3 is 5.32 Å². The maximum atomic E-state index is 3.86. The maximum Gasteiger partial charge on any atom is 0.0414 e. The van der Waals surface area contributed by atoms with Gasteiger partial charge in [-0.2, -0.15) is 0 Å². The Hall–Kier alpha value is -1.24. The third kappa shape index (κ3) is 2.38. The zero-order valence-electron chi connectivity index (χ0n) is 9.57. The highest BCUT2D eigenvalue weighted by Gasteiger charge is 2.02. The molecule has 0 atom stereocenters. The zero-order valence-corrected chi connectivity index (χ0v) is 9.57. The minimum atomic E-state index is 0.985. The van der Waals surface area contributed by atoms with Gasteiger partial charge in [-0.1, -0.05) is 19.6 Å². The molecule has 76 valence electrons. The summed E-state index contributed by atoms with van der Waals surface area (Å²) >= 11 is 0. The van der Waals surface area contributed by atoms with E-state index in [2.05, 4.69) is 44.8 Å². The highest BCUT2D eigenvalue weighted by atomic mass is 14.9. The van der Waals surface area contributed by atoms with Crippen molar-refractivity contribution in [2.24, 2.45) is 0 Å². The van der Waals surface area contributed by atoms with Crippen LogP contribution in [0.25, 0.3) is 0 Å². The summed E-state index contributed by atoms with van der Waals surface area (Å²) in [5, 5.41) is 3.28. The van der Waals surface area contributed by atoms with Crippen LogP contribution in [0.2, 0.25) is 0 Å². The Morgan fingerprint density at radius 1 is 1.29 bits per heavy atom. The number of anilines is 1. The number of hydrogen-bond acceptors (Lipinski definition) is 1. The van der Waals surface area contributed by atoms with Gasteiger partial charge in [0.15, 0.2) is 0 Å². The second-order valence-corrected chi connectivity index (χ2v) is 3.85. The second-order valence-electron chi connectivity index (χ2n) is 3.85. The van der Waals surface area contributed by atoms with E-state index in [0.717, 1.165) is 12.1 Å². The molecule has 1 heteroatoms. The summed E-state index contributed by atoms with van der Waals surface area (Å²) in [5.41, 5.74) is 6.22. The van der Waals surface area contributed by atoms with Crippen molar-refractivity contribution in [3.63, 3.8) is 0 Å². The van der Waals surface area contributed by atoms with Gasteiger partial charge in [0.2, 0.25) is 0 Å². The molecule has 0 amide bonds. The molecule has 0 aliphatic rings. The van der Waals surface area contributed by atoms with Crippen molar-refractivity contribution >= 4 is 5.69 Å². The van der Waals surface area contributed by atoms with E-state index >= 15 is 0 Å². The van der Waals surface area contributed by atoms with Gasteiger partial charge in [-0.25, -0.2) is 0 Å². The van der Waals surface area contributed by atoms with Crippen LogP contribution >= 0.6 is 0 Å². The van der Waals surface area contributed by atoms with E-state index in [1.807, 2.05) is 6.92 Å². The minimum absolute atomic E-state index is 0.985. The maximum absolute atomic E-state index is 3.86. The van der Waals surface area contributed by atoms with Gasteiger partial charge in [0.25, 0.3) is 0 Å². The number of benzene rings is 1. The van der Waals surface area contributed by atoms with Crippen molar-refractivity contribution in [3.8, 4) is 0 Å². The van der Waals surface area contributed by atoms with E-state index in [9.17, 15) is 0 Å². The molecule has 0 aliphatic heterocycles. The predicted octanol–water partition coefficient (Wildman–Crippen LogP) is 3.81. The smallest absolute Gasteiger partial charge is 0.0414 e. The lowest BCUT2D eigenvalue weighted by atomic mass is 10.0. The largest absolute Gasteiger partial charge is 0.359 e. The molecule has 1 rings (SSSR count). The lowest BCUT2D eigenvalue weighted by molar-refractivity contribution is 1.10. The number of aryl methyl sites for hydroxylation is 3. The van der Waals surface area contributed by atoms with E-state index in [1.54, 1.807) is 0 Å². The van der Waals surface area contributed by atoms with Gasteiger partial charge in [0.1, 0.15) is 0 Å². The van der Waals surface area contributed by atoms with E-state index in [4.69, 9.17) is 0 Å². The third-order valence-corrected chi connectivity index (χ3v) is 2.41. The fraction of sp³-hybridized carbons (Fsp3) is 0.385. The molecule has 1 aromatic rings. The summed E-state index contributed by atoms with van der Waals surface area (Å²) < 4.78 is 0. The molecule has 0 aromatic heterocycles. The first-order chi connectivity index (χ1) is 6.54. The molecular weight excluding hydrogens is 170 g/mol. The molecule has 1 nitrogen and oxygen atoms in total. The number of rotatable bonds is 3. The lowest BCUT2D eigenvalue weighted by Gasteiger charge is -2.12. The van der Waals surface area contributed by atoms with Crippen molar-refractivity contribution in [2.75, 3.05) is 5.32 Å². The standard InChI is InChI=1S/C13H19N/c1-6-12-8-13(14-9(2)3)11(5)7-10(12)4/h7-8,14H,2,6H2,1,3-5H3. The first-order valence-corrected chi connectivity index (χ1v) is 5.07. The monoisotopic (exact) mass is 189 g/mol. The van der Waals surface area contributed by atoms with Crippen LogP contribution in [-0.4, -0.2) is 0 Å². The Labute approximate surface area is 86.8 Å². The number of allylic oxidation sites excluding steroid dienone is 1. The minimum Gasteiger partial charge on any atom is -0.359 e. The topological polar surface area (TPSA) is 12.0 Å². The van der Waals surface area contributed by atoms with Gasteiger partial charge in [-0.15, -0.1) is 0 Å². The Morgan fingerprint density at radius 3 is 2.43 bits per heavy atom. The Bertz CT molecular complexity index is 350. The van der Waals surface area contributed by atoms with E-state index in [1.165, 1.54) is 22.4 Å². The molecule has 0 aliphatic carbocycles. The summed E-state index contributed by atoms with van der Waals surface area (Å²) in [5.74, 6) is 0. The van der Waals surface area contributed by atoms with Crippen molar-refractivity contribution in [1.29, 1.82) is 0 Å². The van der Waals surface area contributed by atoms with Crippen LogP contribution in [0.5, 0.6) is 0 Å². The van der Waals surface area contributed by atoms with E-state index < -0.39 is 0 Å². The highest BCUT2D eigenvalue weighted by molar-refractivity contribution is 5.57. The molecule has 14 heavy (non-hydrogen) atoms. The molecule has 0 unspecified atom stereocenters. The quantitative estimate of drug-likeness (QED) is 0.762. The second kappa shape index (κ2) is 4.32. The van der Waals surface area contributed by atoms with Crippen LogP contribution in [0.3, 0.4) is 0 Å². The van der Waals surface area contributed by atoms with Crippen molar-refractivity contribution < 1.29 is 0 Å². The SMILES string of the molecule is C=C(C)Nc1cc(CC)c(C)cc1C. The van der Waals surface area contributed by atoms with Crippen molar-refractivity contribution in [3.05, 3.63) is 41.1 Å². The highest BCUT2D eigenvalue weighted by Crippen LogP contribution is 2.21. The Morgan fingerprint density at radius 2 is 1.93 bits per heavy atom. The molecule has 1 N–H and O–H groups in total. The molecule has 0 spiro atoms. The van der Waals surface area contributed by atoms with Crippen LogP contribution in [0.15, 0.2) is 24.4 Å². The average molecular weight is 189 g/mol. The molecule has 0 heterocycles. The molecule has 0 bridgehead atoms. The van der Waals surface area contributed by atoms with Gasteiger partial charge in [0.05, 0.1) is 0 Å². The number of hydrogen-bond donors (Lipinski definition) is 1. The summed E-state index contributed by atoms with van der Waals surface area (Å²) in [4.78, 5) is 0. The van der Waals surface area contributed by atoms with Crippen LogP contribution in [0.4, 0.5) is 5.69 Å². The molecule has 0 saturated carbocycles. The normalized spacial score (nSPS) is 10.0. The van der Waals surface area contributed by atoms with Gasteiger partial charge in [-0.05, 0) is 49.9 Å². The first-order valence-electron chi connectivity index (χ1n) is 5.07. The molecule has 1 aromatic carbocycles. The van der Waals surface area contributed by atoms with Crippen LogP contribution < -0.4 is 5.32 Å². The lowest BCUT2D eigenvalue weighted by Crippen LogP contribution is -1.99. The van der Waals surface area contributed by atoms with Crippen molar-refractivity contribution in [2.45, 2.75) is 34.1 Å². The zero-order chi connectivity index (χ0) is 10.7.